The van der Waals surface area contributed by atoms with Gasteiger partial charge in [0, 0.05) is 36.6 Å². The maximum Gasteiger partial charge on any atom is 0.253 e. The topological polar surface area (TPSA) is 85.9 Å². The molecule has 3 fully saturated rings. The number of aromatic nitrogens is 3. The van der Waals surface area contributed by atoms with Crippen LogP contribution in [0.15, 0.2) is 36.5 Å². The summed E-state index contributed by atoms with van der Waals surface area (Å²) in [6.07, 6.45) is 9.21. The molecule has 2 bridgehead atoms. The number of nitrogens with one attached hydrogen (secondary N) is 3. The van der Waals surface area contributed by atoms with Gasteiger partial charge in [0.05, 0.1) is 11.1 Å². The maximum atomic E-state index is 13.5. The van der Waals surface area contributed by atoms with Crippen LogP contribution < -0.4 is 10.6 Å². The van der Waals surface area contributed by atoms with E-state index in [0.717, 1.165) is 36.6 Å². The Hall–Kier alpha value is -2.93. The molecule has 3 aliphatic rings. The normalized spacial score (nSPS) is 27.0. The highest BCUT2D eigenvalue weighted by atomic mass is 16.1. The highest BCUT2D eigenvalue weighted by Crippen LogP contribution is 2.65. The molecule has 196 valence electrons. The number of pyridine rings is 1. The number of likely N-dealkylation sites (tertiary alicyclic amines) is 1. The number of piperidine rings is 1. The van der Waals surface area contributed by atoms with Crippen molar-refractivity contribution >= 4 is 22.8 Å². The average Bonchev–Trinajstić information content (AvgIpc) is 3.49. The van der Waals surface area contributed by atoms with Crippen LogP contribution >= 0.6 is 0 Å². The summed E-state index contributed by atoms with van der Waals surface area (Å²) in [5.41, 5.74) is 4.38. The molecule has 2 aliphatic carbocycles. The van der Waals surface area contributed by atoms with Gasteiger partial charge in [-0.2, -0.15) is 0 Å². The Kier molecular flexibility index (Phi) is 6.22. The molecule has 37 heavy (non-hydrogen) atoms. The molecular formula is C30H40N6O. The number of amides is 1. The van der Waals surface area contributed by atoms with Crippen LogP contribution in [-0.2, 0) is 0 Å². The number of aromatic amines is 1. The Bertz CT molecular complexity index is 1270. The lowest BCUT2D eigenvalue weighted by Gasteiger charge is -2.39. The van der Waals surface area contributed by atoms with E-state index in [4.69, 9.17) is 4.98 Å². The average molecular weight is 501 g/mol. The molecule has 2 aromatic heterocycles. The first-order chi connectivity index (χ1) is 17.8. The van der Waals surface area contributed by atoms with E-state index < -0.39 is 0 Å². The lowest BCUT2D eigenvalue weighted by Crippen LogP contribution is -2.46. The van der Waals surface area contributed by atoms with Gasteiger partial charge in [0.2, 0.25) is 0 Å². The van der Waals surface area contributed by atoms with E-state index in [2.05, 4.69) is 70.5 Å². The van der Waals surface area contributed by atoms with Gasteiger partial charge in [0.25, 0.3) is 5.91 Å². The Morgan fingerprint density at radius 2 is 1.89 bits per heavy atom. The standard InChI is InChI=1S/C30H40N6O/c1-29(2)21-11-13-30(29,3)24(19-21)33-28(37)23-12-14-32-27-25(23)34-26(35-27)20-7-9-22(10-8-20)31-15-18-36-16-5-4-6-17-36/h7-10,12,14,21,24,31H,4-6,11,13,15-19H2,1-3H3,(H,33,37)(H,32,34,35)/t21?,24-,30-/m0/s1. The van der Waals surface area contributed by atoms with Crippen molar-refractivity contribution in [2.45, 2.75) is 65.3 Å². The van der Waals surface area contributed by atoms with Crippen molar-refractivity contribution in [2.75, 3.05) is 31.5 Å². The summed E-state index contributed by atoms with van der Waals surface area (Å²) in [5.74, 6) is 1.38. The molecule has 2 saturated carbocycles. The molecule has 3 atom stereocenters. The smallest absolute Gasteiger partial charge is 0.253 e. The van der Waals surface area contributed by atoms with Crippen LogP contribution in [0.25, 0.3) is 22.6 Å². The zero-order valence-corrected chi connectivity index (χ0v) is 22.4. The zero-order valence-electron chi connectivity index (χ0n) is 22.4. The SMILES string of the molecule is CC1(C)C2CC[C@@]1(C)[C@@H](NC(=O)c1ccnc3nc(-c4ccc(NCCN5CCCCC5)cc4)[nH]c13)C2. The largest absolute Gasteiger partial charge is 0.384 e. The van der Waals surface area contributed by atoms with Crippen molar-refractivity contribution in [3.63, 3.8) is 0 Å². The van der Waals surface area contributed by atoms with Gasteiger partial charge in [0.15, 0.2) is 5.65 Å². The molecule has 1 unspecified atom stereocenters. The maximum absolute atomic E-state index is 13.5. The predicted molar refractivity (Wildman–Crippen MR) is 149 cm³/mol. The first-order valence-electron chi connectivity index (χ1n) is 14.1. The zero-order chi connectivity index (χ0) is 25.6. The number of hydrogen-bond donors (Lipinski definition) is 3. The molecule has 1 aromatic carbocycles. The third kappa shape index (κ3) is 4.31. The van der Waals surface area contributed by atoms with Gasteiger partial charge < -0.3 is 20.5 Å². The van der Waals surface area contributed by atoms with E-state index in [0.29, 0.717) is 22.6 Å². The monoisotopic (exact) mass is 500 g/mol. The minimum Gasteiger partial charge on any atom is -0.384 e. The second kappa shape index (κ2) is 9.43. The molecule has 6 rings (SSSR count). The second-order valence-corrected chi connectivity index (χ2v) is 12.2. The number of carbonyl (C=O) groups is 1. The van der Waals surface area contributed by atoms with Gasteiger partial charge in [0.1, 0.15) is 5.82 Å². The molecule has 0 spiro atoms. The number of nitrogens with zero attached hydrogens (tertiary/aromatic N) is 3. The fourth-order valence-electron chi connectivity index (χ4n) is 7.18. The number of anilines is 1. The third-order valence-electron chi connectivity index (χ3n) is 10.1. The van der Waals surface area contributed by atoms with Crippen LogP contribution in [0.5, 0.6) is 0 Å². The Morgan fingerprint density at radius 3 is 2.59 bits per heavy atom. The number of benzene rings is 1. The van der Waals surface area contributed by atoms with Crippen LogP contribution in [0.2, 0.25) is 0 Å². The summed E-state index contributed by atoms with van der Waals surface area (Å²) in [5, 5.41) is 6.93. The molecule has 1 amide bonds. The number of rotatable bonds is 7. The Balaban J connectivity index is 1.14. The van der Waals surface area contributed by atoms with Crippen molar-refractivity contribution in [1.82, 2.24) is 25.2 Å². The van der Waals surface area contributed by atoms with E-state index in [1.807, 2.05) is 0 Å². The van der Waals surface area contributed by atoms with Gasteiger partial charge in [-0.1, -0.05) is 27.2 Å². The van der Waals surface area contributed by atoms with E-state index >= 15 is 0 Å². The number of H-pyrrole nitrogens is 1. The molecule has 3 heterocycles. The van der Waals surface area contributed by atoms with Crippen LogP contribution in [0.4, 0.5) is 5.69 Å². The van der Waals surface area contributed by atoms with Gasteiger partial charge >= 0.3 is 0 Å². The predicted octanol–water partition coefficient (Wildman–Crippen LogP) is 5.47. The van der Waals surface area contributed by atoms with Crippen LogP contribution in [-0.4, -0.2) is 58.0 Å². The van der Waals surface area contributed by atoms with Crippen molar-refractivity contribution in [1.29, 1.82) is 0 Å². The van der Waals surface area contributed by atoms with Crippen molar-refractivity contribution < 1.29 is 4.79 Å². The van der Waals surface area contributed by atoms with Gasteiger partial charge in [-0.25, -0.2) is 9.97 Å². The summed E-state index contributed by atoms with van der Waals surface area (Å²) in [4.78, 5) is 28.5. The molecule has 3 N–H and O–H groups in total. The first kappa shape index (κ1) is 24.4. The summed E-state index contributed by atoms with van der Waals surface area (Å²) in [6.45, 7) is 11.6. The third-order valence-corrected chi connectivity index (χ3v) is 10.1. The quantitative estimate of drug-likeness (QED) is 0.401. The summed E-state index contributed by atoms with van der Waals surface area (Å²) in [6, 6.07) is 10.3. The highest BCUT2D eigenvalue weighted by molar-refractivity contribution is 6.04. The van der Waals surface area contributed by atoms with Crippen molar-refractivity contribution in [3.05, 3.63) is 42.1 Å². The summed E-state index contributed by atoms with van der Waals surface area (Å²) >= 11 is 0. The van der Waals surface area contributed by atoms with Crippen LogP contribution in [0, 0.1) is 16.7 Å². The van der Waals surface area contributed by atoms with Gasteiger partial charge in [-0.3, -0.25) is 4.79 Å². The second-order valence-electron chi connectivity index (χ2n) is 12.2. The molecular weight excluding hydrogens is 460 g/mol. The Labute approximate surface area is 219 Å². The summed E-state index contributed by atoms with van der Waals surface area (Å²) in [7, 11) is 0. The fraction of sp³-hybridized carbons (Fsp3) is 0.567. The van der Waals surface area contributed by atoms with Gasteiger partial charge in [-0.05, 0) is 92.3 Å². The van der Waals surface area contributed by atoms with E-state index in [1.54, 1.807) is 12.3 Å². The van der Waals surface area contributed by atoms with Crippen LogP contribution in [0.1, 0.15) is 69.7 Å². The number of carbonyl (C=O) groups excluding carboxylic acids is 1. The molecule has 1 aliphatic heterocycles. The fourth-order valence-corrected chi connectivity index (χ4v) is 7.18. The minimum absolute atomic E-state index is 0.0366. The van der Waals surface area contributed by atoms with E-state index in [-0.39, 0.29) is 22.8 Å². The lowest BCUT2D eigenvalue weighted by atomic mass is 9.69. The number of fused-ring (bicyclic) bond motifs is 3. The number of imidazole rings is 1. The molecule has 7 nitrogen and oxygen atoms in total. The Morgan fingerprint density at radius 1 is 1.11 bits per heavy atom. The number of hydrogen-bond acceptors (Lipinski definition) is 5. The molecule has 0 radical (unpaired) electrons. The molecule has 1 saturated heterocycles. The lowest BCUT2D eigenvalue weighted by molar-refractivity contribution is 0.0827. The van der Waals surface area contributed by atoms with Crippen molar-refractivity contribution in [2.24, 2.45) is 16.7 Å². The highest BCUT2D eigenvalue weighted by Gasteiger charge is 2.61. The molecule has 7 heteroatoms. The van der Waals surface area contributed by atoms with Gasteiger partial charge in [-0.15, -0.1) is 0 Å². The first-order valence-corrected chi connectivity index (χ1v) is 14.1. The van der Waals surface area contributed by atoms with E-state index in [9.17, 15) is 4.79 Å². The summed E-state index contributed by atoms with van der Waals surface area (Å²) < 4.78 is 0. The van der Waals surface area contributed by atoms with Crippen molar-refractivity contribution in [3.8, 4) is 11.4 Å². The minimum atomic E-state index is -0.0366. The van der Waals surface area contributed by atoms with Crippen LogP contribution in [0.3, 0.4) is 0 Å². The van der Waals surface area contributed by atoms with E-state index in [1.165, 1.54) is 45.2 Å². The molecule has 3 aromatic rings.